The van der Waals surface area contributed by atoms with Gasteiger partial charge in [-0.25, -0.2) is 9.69 Å². The molecule has 2 aromatic carbocycles. The molecule has 0 unspecified atom stereocenters. The number of rotatable bonds is 5. The van der Waals surface area contributed by atoms with E-state index >= 15 is 0 Å². The maximum absolute atomic E-state index is 13.1. The van der Waals surface area contributed by atoms with Crippen LogP contribution in [0.2, 0.25) is 0 Å². The van der Waals surface area contributed by atoms with Crippen LogP contribution < -0.4 is 19.7 Å². The topological polar surface area (TPSA) is 84.9 Å². The molecule has 1 fully saturated rings. The maximum atomic E-state index is 13.1. The number of anilines is 1. The lowest BCUT2D eigenvalue weighted by Crippen LogP contribution is -2.54. The monoisotopic (exact) mass is 468 g/mol. The number of urea groups is 1. The van der Waals surface area contributed by atoms with Crippen molar-refractivity contribution in [1.29, 1.82) is 0 Å². The number of carbonyl (C=O) groups is 3. The molecule has 152 valence electrons. The van der Waals surface area contributed by atoms with Crippen LogP contribution in [-0.2, 0) is 9.59 Å². The average Bonchev–Trinajstić information content (AvgIpc) is 2.71. The summed E-state index contributed by atoms with van der Waals surface area (Å²) in [5, 5.41) is 2.19. The zero-order chi connectivity index (χ0) is 21.8. The Morgan fingerprint density at radius 2 is 1.90 bits per heavy atom. The van der Waals surface area contributed by atoms with Gasteiger partial charge in [-0.15, -0.1) is 6.42 Å². The molecule has 0 aliphatic carbocycles. The van der Waals surface area contributed by atoms with Crippen LogP contribution in [0.4, 0.5) is 10.5 Å². The molecule has 0 bridgehead atoms. The number of amides is 4. The third-order valence-corrected chi connectivity index (χ3v) is 4.72. The number of terminal acetylenes is 1. The van der Waals surface area contributed by atoms with Crippen molar-refractivity contribution >= 4 is 45.5 Å². The lowest BCUT2D eigenvalue weighted by atomic mass is 10.1. The number of nitrogens with zero attached hydrogens (tertiary/aromatic N) is 1. The fourth-order valence-corrected chi connectivity index (χ4v) is 3.31. The highest BCUT2D eigenvalue weighted by atomic mass is 79.9. The molecule has 2 aromatic rings. The van der Waals surface area contributed by atoms with E-state index in [1.807, 2.05) is 6.92 Å². The molecule has 1 saturated heterocycles. The number of imide groups is 2. The Morgan fingerprint density at radius 1 is 1.20 bits per heavy atom. The van der Waals surface area contributed by atoms with E-state index in [0.29, 0.717) is 21.5 Å². The Hall–Kier alpha value is -3.57. The number of carbonyl (C=O) groups excluding carboxylic acids is 3. The van der Waals surface area contributed by atoms with Crippen molar-refractivity contribution in [1.82, 2.24) is 5.32 Å². The zero-order valence-corrected chi connectivity index (χ0v) is 17.8. The van der Waals surface area contributed by atoms with Gasteiger partial charge < -0.3 is 9.47 Å². The first-order valence-corrected chi connectivity index (χ1v) is 9.57. The first-order chi connectivity index (χ1) is 14.3. The Kier molecular flexibility index (Phi) is 6.23. The number of aryl methyl sites for hydroxylation is 1. The van der Waals surface area contributed by atoms with Crippen molar-refractivity contribution in [2.24, 2.45) is 0 Å². The van der Waals surface area contributed by atoms with Crippen molar-refractivity contribution in [3.8, 4) is 23.8 Å². The van der Waals surface area contributed by atoms with Gasteiger partial charge in [0.15, 0.2) is 11.5 Å². The molecule has 1 aliphatic rings. The number of benzene rings is 2. The first kappa shape index (κ1) is 21.1. The molecular formula is C22H17BrN2O5. The van der Waals surface area contributed by atoms with Gasteiger partial charge in [-0.3, -0.25) is 14.9 Å². The summed E-state index contributed by atoms with van der Waals surface area (Å²) in [4.78, 5) is 38.8. The summed E-state index contributed by atoms with van der Waals surface area (Å²) in [7, 11) is 1.46. The Labute approximate surface area is 181 Å². The van der Waals surface area contributed by atoms with Crippen LogP contribution in [0.3, 0.4) is 0 Å². The summed E-state index contributed by atoms with van der Waals surface area (Å²) < 4.78 is 11.5. The molecule has 30 heavy (non-hydrogen) atoms. The molecule has 4 amide bonds. The largest absolute Gasteiger partial charge is 0.493 e. The van der Waals surface area contributed by atoms with Gasteiger partial charge in [0.05, 0.1) is 12.8 Å². The van der Waals surface area contributed by atoms with Gasteiger partial charge in [0.2, 0.25) is 0 Å². The van der Waals surface area contributed by atoms with E-state index in [0.717, 1.165) is 10.5 Å². The molecule has 1 heterocycles. The molecule has 7 nitrogen and oxygen atoms in total. The molecule has 0 atom stereocenters. The summed E-state index contributed by atoms with van der Waals surface area (Å²) in [5.74, 6) is 1.43. The molecule has 0 aromatic heterocycles. The van der Waals surface area contributed by atoms with Crippen LogP contribution in [0.1, 0.15) is 11.1 Å². The van der Waals surface area contributed by atoms with Gasteiger partial charge in [-0.1, -0.05) is 39.5 Å². The standard InChI is InChI=1S/C22H17BrN2O5/c1-4-9-30-19-14(10-15(23)12-18(19)29-3)11-17-20(26)24-22(28)25(21(17)27)16-7-5-13(2)6-8-16/h1,5-8,10-12H,9H2,2-3H3,(H,24,26,28)/b17-11+. The van der Waals surface area contributed by atoms with Crippen molar-refractivity contribution in [3.05, 3.63) is 57.6 Å². The molecule has 3 rings (SSSR count). The second kappa shape index (κ2) is 8.84. The number of nitrogens with one attached hydrogen (secondary N) is 1. The van der Waals surface area contributed by atoms with E-state index in [9.17, 15) is 14.4 Å². The normalized spacial score (nSPS) is 15.1. The quantitative estimate of drug-likeness (QED) is 0.412. The second-order valence-electron chi connectivity index (χ2n) is 6.31. The van der Waals surface area contributed by atoms with E-state index in [1.165, 1.54) is 13.2 Å². The molecule has 8 heteroatoms. The van der Waals surface area contributed by atoms with Crippen LogP contribution in [0, 0.1) is 19.3 Å². The van der Waals surface area contributed by atoms with E-state index in [4.69, 9.17) is 15.9 Å². The number of hydrogen-bond donors (Lipinski definition) is 1. The predicted octanol–water partition coefficient (Wildman–Crippen LogP) is 3.44. The van der Waals surface area contributed by atoms with E-state index in [-0.39, 0.29) is 17.9 Å². The predicted molar refractivity (Wildman–Crippen MR) is 115 cm³/mol. The van der Waals surface area contributed by atoms with E-state index < -0.39 is 17.8 Å². The van der Waals surface area contributed by atoms with Crippen LogP contribution in [-0.4, -0.2) is 31.6 Å². The summed E-state index contributed by atoms with van der Waals surface area (Å²) in [5.41, 5.74) is 1.46. The third kappa shape index (κ3) is 4.21. The second-order valence-corrected chi connectivity index (χ2v) is 7.23. The number of barbiturate groups is 1. The van der Waals surface area contributed by atoms with Crippen molar-refractivity contribution in [2.45, 2.75) is 6.92 Å². The summed E-state index contributed by atoms with van der Waals surface area (Å²) >= 11 is 3.36. The Balaban J connectivity index is 2.09. The third-order valence-electron chi connectivity index (χ3n) is 4.26. The van der Waals surface area contributed by atoms with Gasteiger partial charge in [0, 0.05) is 10.0 Å². The zero-order valence-electron chi connectivity index (χ0n) is 16.2. The first-order valence-electron chi connectivity index (χ1n) is 8.77. The number of halogens is 1. The Morgan fingerprint density at radius 3 is 2.53 bits per heavy atom. The summed E-state index contributed by atoms with van der Waals surface area (Å²) in [6.45, 7) is 1.84. The number of methoxy groups -OCH3 is 1. The van der Waals surface area contributed by atoms with Crippen molar-refractivity contribution < 1.29 is 23.9 Å². The smallest absolute Gasteiger partial charge is 0.335 e. The number of ether oxygens (including phenoxy) is 2. The Bertz CT molecular complexity index is 1100. The van der Waals surface area contributed by atoms with Gasteiger partial charge >= 0.3 is 6.03 Å². The molecular weight excluding hydrogens is 452 g/mol. The molecule has 1 aliphatic heterocycles. The lowest BCUT2D eigenvalue weighted by Gasteiger charge is -2.26. The summed E-state index contributed by atoms with van der Waals surface area (Å²) in [6.07, 6.45) is 6.62. The highest BCUT2D eigenvalue weighted by Gasteiger charge is 2.37. The molecule has 0 saturated carbocycles. The lowest BCUT2D eigenvalue weighted by molar-refractivity contribution is -0.122. The SMILES string of the molecule is C#CCOc1c(/C=C2\C(=O)NC(=O)N(c3ccc(C)cc3)C2=O)cc(Br)cc1OC. The van der Waals surface area contributed by atoms with Gasteiger partial charge in [0.1, 0.15) is 12.2 Å². The minimum Gasteiger partial charge on any atom is -0.493 e. The molecule has 1 N–H and O–H groups in total. The van der Waals surface area contributed by atoms with Crippen LogP contribution in [0.15, 0.2) is 46.4 Å². The summed E-state index contributed by atoms with van der Waals surface area (Å²) in [6, 6.07) is 9.28. The highest BCUT2D eigenvalue weighted by molar-refractivity contribution is 9.10. The minimum atomic E-state index is -0.818. The van der Waals surface area contributed by atoms with Crippen LogP contribution >= 0.6 is 15.9 Å². The fraction of sp³-hybridized carbons (Fsp3) is 0.136. The fourth-order valence-electron chi connectivity index (χ4n) is 2.86. The average molecular weight is 469 g/mol. The van der Waals surface area contributed by atoms with Gasteiger partial charge in [-0.2, -0.15) is 0 Å². The van der Waals surface area contributed by atoms with E-state index in [1.54, 1.807) is 36.4 Å². The van der Waals surface area contributed by atoms with Crippen LogP contribution in [0.5, 0.6) is 11.5 Å². The van der Waals surface area contributed by atoms with Gasteiger partial charge in [0.25, 0.3) is 11.8 Å². The number of hydrogen-bond acceptors (Lipinski definition) is 5. The highest BCUT2D eigenvalue weighted by Crippen LogP contribution is 2.36. The minimum absolute atomic E-state index is 0.0394. The molecule has 0 radical (unpaired) electrons. The van der Waals surface area contributed by atoms with E-state index in [2.05, 4.69) is 27.2 Å². The van der Waals surface area contributed by atoms with Crippen molar-refractivity contribution in [2.75, 3.05) is 18.6 Å². The van der Waals surface area contributed by atoms with Crippen LogP contribution in [0.25, 0.3) is 6.08 Å². The maximum Gasteiger partial charge on any atom is 0.335 e. The van der Waals surface area contributed by atoms with Crippen molar-refractivity contribution in [3.63, 3.8) is 0 Å². The van der Waals surface area contributed by atoms with Gasteiger partial charge in [-0.05, 0) is 37.3 Å². The molecule has 0 spiro atoms.